The van der Waals surface area contributed by atoms with E-state index in [1.807, 2.05) is 0 Å². The van der Waals surface area contributed by atoms with Crippen LogP contribution in [-0.2, 0) is 6.42 Å². The molecule has 0 spiro atoms. The predicted molar refractivity (Wildman–Crippen MR) is 133 cm³/mol. The molecule has 5 rings (SSSR count). The summed E-state index contributed by atoms with van der Waals surface area (Å²) in [6.07, 6.45) is -2.37. The Labute approximate surface area is 217 Å². The molecule has 0 bridgehead atoms. The number of ether oxygens (including phenoxy) is 4. The quantitative estimate of drug-likeness (QED) is 0.305. The van der Waals surface area contributed by atoms with E-state index in [2.05, 4.69) is 6.58 Å². The number of hydrogen-bond acceptors (Lipinski definition) is 10. The predicted octanol–water partition coefficient (Wildman–Crippen LogP) is 3.09. The molecule has 10 heteroatoms. The summed E-state index contributed by atoms with van der Waals surface area (Å²) in [5.41, 5.74) is 1.29. The van der Waals surface area contributed by atoms with Gasteiger partial charge in [0.25, 0.3) is 0 Å². The Hall–Kier alpha value is -4.41. The fourth-order valence-corrected chi connectivity index (χ4v) is 4.73. The van der Waals surface area contributed by atoms with Gasteiger partial charge in [0, 0.05) is 23.3 Å². The first-order chi connectivity index (χ1) is 18.2. The van der Waals surface area contributed by atoms with Crippen LogP contribution in [0.4, 0.5) is 0 Å². The third-order valence-electron chi connectivity index (χ3n) is 6.56. The number of aromatic hydroxyl groups is 3. The second kappa shape index (κ2) is 9.81. The van der Waals surface area contributed by atoms with E-state index in [1.54, 1.807) is 36.4 Å². The minimum atomic E-state index is -1.63. The Bertz CT molecular complexity index is 1420. The van der Waals surface area contributed by atoms with Gasteiger partial charge in [0.15, 0.2) is 47.4 Å². The van der Waals surface area contributed by atoms with E-state index in [0.717, 1.165) is 6.07 Å². The molecule has 4 atom stereocenters. The molecule has 10 nitrogen and oxygen atoms in total. The number of phenolic OH excluding ortho intramolecular Hbond substituents is 3. The van der Waals surface area contributed by atoms with Crippen LogP contribution in [0.1, 0.15) is 39.3 Å². The van der Waals surface area contributed by atoms with Crippen molar-refractivity contribution in [1.82, 2.24) is 0 Å². The summed E-state index contributed by atoms with van der Waals surface area (Å²) < 4.78 is 23.4. The number of aliphatic hydroxyl groups is 2. The summed E-state index contributed by atoms with van der Waals surface area (Å²) in [5.74, 6) is -0.833. The first-order valence-corrected chi connectivity index (χ1v) is 11.8. The maximum absolute atomic E-state index is 12.8. The van der Waals surface area contributed by atoms with E-state index in [4.69, 9.17) is 18.9 Å². The normalized spacial score (nSPS) is 21.8. The fourth-order valence-electron chi connectivity index (χ4n) is 4.73. The van der Waals surface area contributed by atoms with Gasteiger partial charge in [0.05, 0.1) is 13.7 Å². The van der Waals surface area contributed by atoms with Crippen molar-refractivity contribution >= 4 is 5.78 Å². The van der Waals surface area contributed by atoms with Crippen molar-refractivity contribution < 1.29 is 49.3 Å². The number of methoxy groups -OCH3 is 1. The first kappa shape index (κ1) is 25.2. The zero-order valence-corrected chi connectivity index (χ0v) is 20.3. The maximum Gasteiger partial charge on any atom is 0.202 e. The van der Waals surface area contributed by atoms with Gasteiger partial charge in [-0.25, -0.2) is 0 Å². The molecule has 0 amide bonds. The van der Waals surface area contributed by atoms with Gasteiger partial charge in [-0.1, -0.05) is 12.1 Å². The van der Waals surface area contributed by atoms with Crippen molar-refractivity contribution in [2.45, 2.75) is 30.8 Å². The second-order valence-corrected chi connectivity index (χ2v) is 8.99. The number of allylic oxidation sites excluding steroid dienone is 1. The summed E-state index contributed by atoms with van der Waals surface area (Å²) in [6, 6.07) is 10.2. The molecule has 38 heavy (non-hydrogen) atoms. The van der Waals surface area contributed by atoms with Crippen LogP contribution in [0.2, 0.25) is 0 Å². The van der Waals surface area contributed by atoms with Gasteiger partial charge < -0.3 is 44.5 Å². The molecule has 2 unspecified atom stereocenters. The van der Waals surface area contributed by atoms with Crippen LogP contribution in [0.3, 0.4) is 0 Å². The minimum Gasteiger partial charge on any atom is -0.508 e. The van der Waals surface area contributed by atoms with E-state index in [9.17, 15) is 30.3 Å². The Morgan fingerprint density at radius 2 is 1.71 bits per heavy atom. The lowest BCUT2D eigenvalue weighted by Crippen LogP contribution is -2.37. The van der Waals surface area contributed by atoms with E-state index in [1.165, 1.54) is 13.2 Å². The second-order valence-electron chi connectivity index (χ2n) is 8.99. The average Bonchev–Trinajstić information content (AvgIpc) is 2.90. The van der Waals surface area contributed by atoms with Crippen molar-refractivity contribution in [3.8, 4) is 40.2 Å². The molecule has 0 saturated carbocycles. The van der Waals surface area contributed by atoms with E-state index in [0.29, 0.717) is 28.9 Å². The Morgan fingerprint density at radius 3 is 2.42 bits per heavy atom. The van der Waals surface area contributed by atoms with Gasteiger partial charge in [-0.15, -0.1) is 6.58 Å². The number of hydrogen-bond donors (Lipinski definition) is 5. The summed E-state index contributed by atoms with van der Waals surface area (Å²) in [5, 5.41) is 51.1. The number of aliphatic hydroxyl groups excluding tert-OH is 2. The molecule has 3 aromatic carbocycles. The minimum absolute atomic E-state index is 0.0263. The van der Waals surface area contributed by atoms with Crippen molar-refractivity contribution in [1.29, 1.82) is 0 Å². The number of Topliss-reactive ketones (excluding diaryl/α,β-unsaturated/α-hetero) is 1. The Balaban J connectivity index is 1.51. The summed E-state index contributed by atoms with van der Waals surface area (Å²) in [4.78, 5) is 12.8. The lowest BCUT2D eigenvalue weighted by Gasteiger charge is -2.35. The average molecular weight is 523 g/mol. The molecule has 2 aliphatic rings. The van der Waals surface area contributed by atoms with Gasteiger partial charge in [0.2, 0.25) is 5.78 Å². The van der Waals surface area contributed by atoms with Crippen LogP contribution in [0.25, 0.3) is 0 Å². The molecule has 0 aromatic heterocycles. The highest BCUT2D eigenvalue weighted by atomic mass is 16.6. The third kappa shape index (κ3) is 4.23. The maximum atomic E-state index is 12.8. The summed E-state index contributed by atoms with van der Waals surface area (Å²) in [7, 11) is 1.42. The molecule has 2 aliphatic heterocycles. The van der Waals surface area contributed by atoms with Crippen LogP contribution in [0.5, 0.6) is 40.2 Å². The van der Waals surface area contributed by atoms with Gasteiger partial charge in [-0.05, 0) is 36.2 Å². The monoisotopic (exact) mass is 522 g/mol. The molecule has 0 fully saturated rings. The topological polar surface area (TPSA) is 155 Å². The van der Waals surface area contributed by atoms with E-state index in [-0.39, 0.29) is 40.9 Å². The highest BCUT2D eigenvalue weighted by Crippen LogP contribution is 2.46. The first-order valence-electron chi connectivity index (χ1n) is 11.8. The lowest BCUT2D eigenvalue weighted by atomic mass is 9.92. The highest BCUT2D eigenvalue weighted by Gasteiger charge is 2.40. The fraction of sp³-hybridized carbons (Fsp3) is 0.250. The molecule has 5 N–H and O–H groups in total. The van der Waals surface area contributed by atoms with Crippen LogP contribution in [0, 0.1) is 0 Å². The molecule has 3 aromatic rings. The standard InChI is InChI=1S/C28H26O10/c1-3-4-13-7-15(9-21(35-2)24(13)32)27-22(12-29)36-18-6-5-14(8-19(18)37-27)28-26(34)25(33)23-17(31)10-16(30)11-20(23)38-28/h3,5-11,22,26-32,34H,1,4,12H2,2H3/t22?,26-,27?,28+/m0/s1. The van der Waals surface area contributed by atoms with Crippen LogP contribution in [0.15, 0.2) is 55.1 Å². The van der Waals surface area contributed by atoms with E-state index >= 15 is 0 Å². The third-order valence-corrected chi connectivity index (χ3v) is 6.56. The Kier molecular flexibility index (Phi) is 6.52. The number of phenols is 3. The van der Waals surface area contributed by atoms with Crippen molar-refractivity contribution in [3.63, 3.8) is 0 Å². The number of fused-ring (bicyclic) bond motifs is 2. The van der Waals surface area contributed by atoms with Crippen LogP contribution in [-0.4, -0.2) is 57.2 Å². The van der Waals surface area contributed by atoms with Crippen LogP contribution < -0.4 is 18.9 Å². The van der Waals surface area contributed by atoms with Crippen molar-refractivity contribution in [2.75, 3.05) is 13.7 Å². The number of carbonyl (C=O) groups is 1. The van der Waals surface area contributed by atoms with Crippen molar-refractivity contribution in [3.05, 3.63) is 77.4 Å². The molecule has 0 aliphatic carbocycles. The zero-order chi connectivity index (χ0) is 27.1. The summed E-state index contributed by atoms with van der Waals surface area (Å²) >= 11 is 0. The van der Waals surface area contributed by atoms with Gasteiger partial charge in [0.1, 0.15) is 22.8 Å². The zero-order valence-electron chi connectivity index (χ0n) is 20.3. The molecular formula is C28H26O10. The highest BCUT2D eigenvalue weighted by molar-refractivity contribution is 6.05. The van der Waals surface area contributed by atoms with Gasteiger partial charge >= 0.3 is 0 Å². The molecule has 2 heterocycles. The van der Waals surface area contributed by atoms with Gasteiger partial charge in [-0.3, -0.25) is 4.79 Å². The number of rotatable bonds is 6. The number of carbonyl (C=O) groups excluding carboxylic acids is 1. The van der Waals surface area contributed by atoms with E-state index < -0.39 is 35.9 Å². The summed E-state index contributed by atoms with van der Waals surface area (Å²) in [6.45, 7) is 3.35. The van der Waals surface area contributed by atoms with Crippen LogP contribution >= 0.6 is 0 Å². The van der Waals surface area contributed by atoms with Gasteiger partial charge in [-0.2, -0.15) is 0 Å². The van der Waals surface area contributed by atoms with Crippen molar-refractivity contribution in [2.24, 2.45) is 0 Å². The molecule has 0 saturated heterocycles. The number of ketones is 1. The number of benzene rings is 3. The lowest BCUT2D eigenvalue weighted by molar-refractivity contribution is -0.0130. The molecular weight excluding hydrogens is 496 g/mol. The SMILES string of the molecule is C=CCc1cc(C2Oc3cc([C@H]4Oc5cc(O)cc(O)c5C(=O)[C@@H]4O)ccc3OC2CO)cc(OC)c1O. The largest absolute Gasteiger partial charge is 0.508 e. The molecule has 0 radical (unpaired) electrons. The Morgan fingerprint density at radius 1 is 0.947 bits per heavy atom. The molecule has 198 valence electrons. The smallest absolute Gasteiger partial charge is 0.202 e.